The van der Waals surface area contributed by atoms with Crippen molar-refractivity contribution in [2.45, 2.75) is 25.0 Å². The van der Waals surface area contributed by atoms with Crippen LogP contribution in [0.2, 0.25) is 0 Å². The first-order chi connectivity index (χ1) is 15.7. The first-order valence-electron chi connectivity index (χ1n) is 10.9. The van der Waals surface area contributed by atoms with Crippen molar-refractivity contribution in [1.82, 2.24) is 19.7 Å². The minimum Gasteiger partial charge on any atom is -0.497 e. The first-order valence-corrected chi connectivity index (χ1v) is 11.9. The normalized spacial score (nSPS) is 13.9. The standard InChI is InChI=1S/C24H29N5O2S/c1-3-29-22(17-19-7-5-4-6-8-19)25-26-24(29)32-18-23(30)28-15-13-27(14-16-28)20-9-11-21(31-2)12-10-20/h4-12H,3,13-18H2,1-2H3. The number of piperazine rings is 1. The second-order valence-electron chi connectivity index (χ2n) is 7.66. The number of aromatic nitrogens is 3. The highest BCUT2D eigenvalue weighted by Gasteiger charge is 2.22. The molecule has 1 saturated heterocycles. The third kappa shape index (κ3) is 5.24. The van der Waals surface area contributed by atoms with Gasteiger partial charge in [0.15, 0.2) is 5.16 Å². The molecule has 0 aliphatic carbocycles. The molecule has 0 bridgehead atoms. The SMILES string of the molecule is CCn1c(Cc2ccccc2)nnc1SCC(=O)N1CCN(c2ccc(OC)cc2)CC1. The van der Waals surface area contributed by atoms with Crippen molar-refractivity contribution in [2.75, 3.05) is 43.9 Å². The van der Waals surface area contributed by atoms with Crippen molar-refractivity contribution in [3.05, 3.63) is 66.0 Å². The van der Waals surface area contributed by atoms with Crippen molar-refractivity contribution in [2.24, 2.45) is 0 Å². The lowest BCUT2D eigenvalue weighted by Gasteiger charge is -2.36. The zero-order valence-electron chi connectivity index (χ0n) is 18.6. The Morgan fingerprint density at radius 1 is 1.00 bits per heavy atom. The molecule has 0 N–H and O–H groups in total. The lowest BCUT2D eigenvalue weighted by Crippen LogP contribution is -2.49. The highest BCUT2D eigenvalue weighted by Crippen LogP contribution is 2.22. The van der Waals surface area contributed by atoms with Crippen LogP contribution in [0.4, 0.5) is 5.69 Å². The number of thioether (sulfide) groups is 1. The molecule has 0 atom stereocenters. The van der Waals surface area contributed by atoms with Crippen LogP contribution in [0.1, 0.15) is 18.3 Å². The summed E-state index contributed by atoms with van der Waals surface area (Å²) in [5, 5.41) is 9.54. The van der Waals surface area contributed by atoms with Gasteiger partial charge in [-0.2, -0.15) is 0 Å². The van der Waals surface area contributed by atoms with E-state index in [1.165, 1.54) is 17.3 Å². The molecule has 7 nitrogen and oxygen atoms in total. The topological polar surface area (TPSA) is 63.5 Å². The van der Waals surface area contributed by atoms with Gasteiger partial charge >= 0.3 is 0 Å². The third-order valence-electron chi connectivity index (χ3n) is 5.71. The summed E-state index contributed by atoms with van der Waals surface area (Å²) in [6.45, 7) is 5.98. The number of hydrogen-bond donors (Lipinski definition) is 0. The Kier molecular flexibility index (Phi) is 7.32. The molecule has 4 rings (SSSR count). The van der Waals surface area contributed by atoms with E-state index in [-0.39, 0.29) is 5.91 Å². The average Bonchev–Trinajstić information content (AvgIpc) is 3.24. The molecule has 2 aromatic carbocycles. The van der Waals surface area contributed by atoms with Crippen LogP contribution in [-0.4, -0.2) is 64.6 Å². The minimum absolute atomic E-state index is 0.152. The van der Waals surface area contributed by atoms with Gasteiger partial charge in [-0.25, -0.2) is 0 Å². The van der Waals surface area contributed by atoms with Crippen LogP contribution in [-0.2, 0) is 17.8 Å². The van der Waals surface area contributed by atoms with Gasteiger partial charge in [0.1, 0.15) is 11.6 Å². The van der Waals surface area contributed by atoms with Crippen molar-refractivity contribution in [3.63, 3.8) is 0 Å². The molecule has 168 valence electrons. The number of benzene rings is 2. The fourth-order valence-electron chi connectivity index (χ4n) is 3.88. The van der Waals surface area contributed by atoms with E-state index < -0.39 is 0 Å². The Bertz CT molecular complexity index is 1010. The van der Waals surface area contributed by atoms with Gasteiger partial charge < -0.3 is 19.1 Å². The summed E-state index contributed by atoms with van der Waals surface area (Å²) >= 11 is 1.48. The van der Waals surface area contributed by atoms with E-state index in [0.717, 1.165) is 61.6 Å². The number of hydrogen-bond acceptors (Lipinski definition) is 6. The summed E-state index contributed by atoms with van der Waals surface area (Å²) in [6.07, 6.45) is 0.740. The minimum atomic E-state index is 0.152. The van der Waals surface area contributed by atoms with Gasteiger partial charge in [0.25, 0.3) is 0 Å². The summed E-state index contributed by atoms with van der Waals surface area (Å²) in [4.78, 5) is 17.1. The van der Waals surface area contributed by atoms with E-state index in [1.807, 2.05) is 35.2 Å². The van der Waals surface area contributed by atoms with Gasteiger partial charge in [0.2, 0.25) is 5.91 Å². The second kappa shape index (κ2) is 10.5. The van der Waals surface area contributed by atoms with Crippen molar-refractivity contribution < 1.29 is 9.53 Å². The third-order valence-corrected chi connectivity index (χ3v) is 6.66. The maximum atomic E-state index is 12.8. The molecule has 3 aromatic rings. The summed E-state index contributed by atoms with van der Waals surface area (Å²) < 4.78 is 7.33. The Morgan fingerprint density at radius 2 is 1.72 bits per heavy atom. The molecule has 8 heteroatoms. The molecular weight excluding hydrogens is 422 g/mol. The largest absolute Gasteiger partial charge is 0.497 e. The number of carbonyl (C=O) groups excluding carboxylic acids is 1. The van der Waals surface area contributed by atoms with Crippen LogP contribution in [0.25, 0.3) is 0 Å². The zero-order valence-corrected chi connectivity index (χ0v) is 19.4. The van der Waals surface area contributed by atoms with Gasteiger partial charge in [0, 0.05) is 44.8 Å². The zero-order chi connectivity index (χ0) is 22.3. The fraction of sp³-hybridized carbons (Fsp3) is 0.375. The fourth-order valence-corrected chi connectivity index (χ4v) is 4.80. The monoisotopic (exact) mass is 451 g/mol. The van der Waals surface area contributed by atoms with Gasteiger partial charge in [-0.15, -0.1) is 10.2 Å². The Morgan fingerprint density at radius 3 is 2.38 bits per heavy atom. The van der Waals surface area contributed by atoms with E-state index in [4.69, 9.17) is 4.74 Å². The first kappa shape index (κ1) is 22.2. The van der Waals surface area contributed by atoms with Crippen molar-refractivity contribution in [3.8, 4) is 5.75 Å². The molecular formula is C24H29N5O2S. The lowest BCUT2D eigenvalue weighted by atomic mass is 10.1. The van der Waals surface area contributed by atoms with Crippen molar-refractivity contribution in [1.29, 1.82) is 0 Å². The van der Waals surface area contributed by atoms with Crippen LogP contribution >= 0.6 is 11.8 Å². The number of ether oxygens (including phenoxy) is 1. The smallest absolute Gasteiger partial charge is 0.233 e. The molecule has 1 fully saturated rings. The molecule has 0 spiro atoms. The summed E-state index contributed by atoms with van der Waals surface area (Å²) in [5.74, 6) is 2.32. The number of methoxy groups -OCH3 is 1. The number of nitrogens with zero attached hydrogens (tertiary/aromatic N) is 5. The van der Waals surface area contributed by atoms with Gasteiger partial charge in [-0.3, -0.25) is 4.79 Å². The van der Waals surface area contributed by atoms with Crippen LogP contribution in [0, 0.1) is 0 Å². The van der Waals surface area contributed by atoms with Crippen LogP contribution in [0.3, 0.4) is 0 Å². The van der Waals surface area contributed by atoms with Gasteiger partial charge in [-0.1, -0.05) is 42.1 Å². The highest BCUT2D eigenvalue weighted by molar-refractivity contribution is 7.99. The predicted octanol–water partition coefficient (Wildman–Crippen LogP) is 3.34. The summed E-state index contributed by atoms with van der Waals surface area (Å²) in [5.41, 5.74) is 2.37. The molecule has 1 amide bonds. The highest BCUT2D eigenvalue weighted by atomic mass is 32.2. The molecule has 2 heterocycles. The van der Waals surface area contributed by atoms with E-state index in [2.05, 4.69) is 50.9 Å². The molecule has 0 unspecified atom stereocenters. The molecule has 0 radical (unpaired) electrons. The predicted molar refractivity (Wildman–Crippen MR) is 127 cm³/mol. The quantitative estimate of drug-likeness (QED) is 0.490. The lowest BCUT2D eigenvalue weighted by molar-refractivity contribution is -0.128. The van der Waals surface area contributed by atoms with Crippen molar-refractivity contribution >= 4 is 23.4 Å². The van der Waals surface area contributed by atoms with E-state index in [9.17, 15) is 4.79 Å². The molecule has 1 aliphatic heterocycles. The van der Waals surface area contributed by atoms with Gasteiger partial charge in [-0.05, 0) is 36.8 Å². The van der Waals surface area contributed by atoms with Gasteiger partial charge in [0.05, 0.1) is 12.9 Å². The number of amides is 1. The van der Waals surface area contributed by atoms with Crippen LogP contribution in [0.15, 0.2) is 59.8 Å². The maximum Gasteiger partial charge on any atom is 0.233 e. The molecule has 0 saturated carbocycles. The van der Waals surface area contributed by atoms with E-state index in [1.54, 1.807) is 7.11 Å². The average molecular weight is 452 g/mol. The Labute approximate surface area is 193 Å². The summed E-state index contributed by atoms with van der Waals surface area (Å²) in [7, 11) is 1.67. The molecule has 1 aromatic heterocycles. The number of anilines is 1. The van der Waals surface area contributed by atoms with Crippen LogP contribution in [0.5, 0.6) is 5.75 Å². The molecule has 1 aliphatic rings. The Balaban J connectivity index is 1.29. The Hall–Kier alpha value is -3.00. The maximum absolute atomic E-state index is 12.8. The van der Waals surface area contributed by atoms with Crippen LogP contribution < -0.4 is 9.64 Å². The summed E-state index contributed by atoms with van der Waals surface area (Å²) in [6, 6.07) is 18.3. The number of rotatable bonds is 8. The second-order valence-corrected chi connectivity index (χ2v) is 8.60. The van der Waals surface area contributed by atoms with E-state index >= 15 is 0 Å². The number of carbonyl (C=O) groups is 1. The van der Waals surface area contributed by atoms with E-state index in [0.29, 0.717) is 5.75 Å². The molecule has 32 heavy (non-hydrogen) atoms.